The molecular weight excluding hydrogens is 352 g/mol. The lowest BCUT2D eigenvalue weighted by Crippen LogP contribution is -2.41. The minimum Gasteiger partial charge on any atom is -0.508 e. The molecule has 0 unspecified atom stereocenters. The third-order valence-corrected chi connectivity index (χ3v) is 6.51. The summed E-state index contributed by atoms with van der Waals surface area (Å²) in [5.41, 5.74) is 1.54. The van der Waals surface area contributed by atoms with Gasteiger partial charge in [0, 0.05) is 30.8 Å². The zero-order valence-corrected chi connectivity index (χ0v) is 15.4. The van der Waals surface area contributed by atoms with E-state index in [1.165, 1.54) is 16.4 Å². The second-order valence-corrected chi connectivity index (χ2v) is 8.47. The summed E-state index contributed by atoms with van der Waals surface area (Å²) in [6, 6.07) is 13.2. The van der Waals surface area contributed by atoms with Crippen LogP contribution < -0.4 is 5.32 Å². The van der Waals surface area contributed by atoms with E-state index < -0.39 is 10.0 Å². The number of hydrogen-bond donors (Lipinski definition) is 2. The number of piperidine rings is 1. The number of hydrogen-bond acceptors (Lipinski definition) is 4. The van der Waals surface area contributed by atoms with Crippen molar-refractivity contribution in [3.8, 4) is 5.75 Å². The summed E-state index contributed by atoms with van der Waals surface area (Å²) >= 11 is 0. The van der Waals surface area contributed by atoms with Crippen LogP contribution in [0.4, 0.5) is 5.69 Å². The fraction of sp³-hybridized carbons (Fsp3) is 0.316. The average molecular weight is 374 g/mol. The molecule has 2 aromatic carbocycles. The highest BCUT2D eigenvalue weighted by Gasteiger charge is 2.32. The number of sulfonamides is 1. The van der Waals surface area contributed by atoms with Gasteiger partial charge in [-0.2, -0.15) is 4.31 Å². The van der Waals surface area contributed by atoms with E-state index in [1.807, 2.05) is 6.92 Å². The Morgan fingerprint density at radius 3 is 2.38 bits per heavy atom. The highest BCUT2D eigenvalue weighted by molar-refractivity contribution is 7.89. The minimum atomic E-state index is -3.52. The number of benzene rings is 2. The van der Waals surface area contributed by atoms with Gasteiger partial charge in [0.25, 0.3) is 0 Å². The molecule has 0 saturated carbocycles. The number of aryl methyl sites for hydroxylation is 1. The van der Waals surface area contributed by atoms with Gasteiger partial charge >= 0.3 is 0 Å². The van der Waals surface area contributed by atoms with Crippen molar-refractivity contribution in [2.24, 2.45) is 5.92 Å². The normalized spacial score (nSPS) is 16.3. The number of nitrogens with one attached hydrogen (secondary N) is 1. The molecule has 1 saturated heterocycles. The molecule has 1 aliphatic rings. The Kier molecular flexibility index (Phi) is 5.29. The van der Waals surface area contributed by atoms with Gasteiger partial charge in [-0.1, -0.05) is 23.8 Å². The van der Waals surface area contributed by atoms with Gasteiger partial charge in [-0.3, -0.25) is 4.79 Å². The van der Waals surface area contributed by atoms with E-state index in [2.05, 4.69) is 5.32 Å². The molecule has 0 spiro atoms. The first-order valence-corrected chi connectivity index (χ1v) is 9.97. The van der Waals surface area contributed by atoms with Crippen LogP contribution in [0.5, 0.6) is 5.75 Å². The largest absolute Gasteiger partial charge is 0.508 e. The summed E-state index contributed by atoms with van der Waals surface area (Å²) in [4.78, 5) is 12.7. The quantitative estimate of drug-likeness (QED) is 0.861. The number of phenols is 1. The number of aromatic hydroxyl groups is 1. The highest BCUT2D eigenvalue weighted by atomic mass is 32.2. The lowest BCUT2D eigenvalue weighted by atomic mass is 9.97. The highest BCUT2D eigenvalue weighted by Crippen LogP contribution is 2.25. The van der Waals surface area contributed by atoms with Crippen LogP contribution in [-0.4, -0.2) is 36.8 Å². The lowest BCUT2D eigenvalue weighted by Gasteiger charge is -2.30. The van der Waals surface area contributed by atoms with Crippen LogP contribution in [0.2, 0.25) is 0 Å². The fourth-order valence-corrected chi connectivity index (χ4v) is 4.52. The van der Waals surface area contributed by atoms with Crippen LogP contribution in [0.15, 0.2) is 53.4 Å². The maximum atomic E-state index is 12.7. The molecule has 1 amide bonds. The molecule has 0 radical (unpaired) electrons. The van der Waals surface area contributed by atoms with Gasteiger partial charge in [-0.05, 0) is 44.0 Å². The van der Waals surface area contributed by atoms with Crippen molar-refractivity contribution in [1.29, 1.82) is 0 Å². The first kappa shape index (κ1) is 18.4. The first-order valence-electron chi connectivity index (χ1n) is 8.53. The van der Waals surface area contributed by atoms with Crippen molar-refractivity contribution < 1.29 is 18.3 Å². The van der Waals surface area contributed by atoms with E-state index in [9.17, 15) is 18.3 Å². The molecule has 7 heteroatoms. The second kappa shape index (κ2) is 7.47. The number of amides is 1. The molecule has 0 aromatic heterocycles. The average Bonchev–Trinajstić information content (AvgIpc) is 2.62. The van der Waals surface area contributed by atoms with Crippen molar-refractivity contribution >= 4 is 21.6 Å². The monoisotopic (exact) mass is 374 g/mol. The summed E-state index contributed by atoms with van der Waals surface area (Å²) in [6.07, 6.45) is 0.936. The summed E-state index contributed by atoms with van der Waals surface area (Å²) < 4.78 is 26.8. The molecule has 0 atom stereocenters. The van der Waals surface area contributed by atoms with E-state index in [1.54, 1.807) is 36.4 Å². The number of carbonyl (C=O) groups excluding carboxylic acids is 1. The van der Waals surface area contributed by atoms with E-state index in [0.717, 1.165) is 5.56 Å². The Hall–Kier alpha value is -2.38. The van der Waals surface area contributed by atoms with Crippen LogP contribution in [0.1, 0.15) is 18.4 Å². The summed E-state index contributed by atoms with van der Waals surface area (Å²) in [6.45, 7) is 2.54. The van der Waals surface area contributed by atoms with Crippen LogP contribution in [0.3, 0.4) is 0 Å². The Balaban J connectivity index is 1.61. The van der Waals surface area contributed by atoms with Gasteiger partial charge in [-0.25, -0.2) is 8.42 Å². The summed E-state index contributed by atoms with van der Waals surface area (Å²) in [5.74, 6) is -0.313. The molecule has 2 aromatic rings. The van der Waals surface area contributed by atoms with Gasteiger partial charge in [0.1, 0.15) is 5.75 Å². The van der Waals surface area contributed by atoms with E-state index in [4.69, 9.17) is 0 Å². The van der Waals surface area contributed by atoms with Crippen LogP contribution in [-0.2, 0) is 14.8 Å². The van der Waals surface area contributed by atoms with Gasteiger partial charge in [-0.15, -0.1) is 0 Å². The molecule has 0 aliphatic carbocycles. The fourth-order valence-electron chi connectivity index (χ4n) is 3.05. The number of carbonyl (C=O) groups is 1. The minimum absolute atomic E-state index is 0.0850. The molecule has 6 nitrogen and oxygen atoms in total. The lowest BCUT2D eigenvalue weighted by molar-refractivity contribution is -0.120. The van der Waals surface area contributed by atoms with Crippen molar-refractivity contribution in [3.63, 3.8) is 0 Å². The second-order valence-electron chi connectivity index (χ2n) is 6.53. The molecule has 1 aliphatic heterocycles. The molecule has 138 valence electrons. The SMILES string of the molecule is Cc1ccc(S(=O)(=O)N2CCC(C(=O)Nc3cccc(O)c3)CC2)cc1. The van der Waals surface area contributed by atoms with Gasteiger partial charge < -0.3 is 10.4 Å². The van der Waals surface area contributed by atoms with Crippen LogP contribution in [0.25, 0.3) is 0 Å². The van der Waals surface area contributed by atoms with Gasteiger partial charge in [0.2, 0.25) is 15.9 Å². The molecular formula is C19H22N2O4S. The first-order chi connectivity index (χ1) is 12.4. The van der Waals surface area contributed by atoms with Crippen molar-refractivity contribution in [1.82, 2.24) is 4.31 Å². The Labute approximate surface area is 153 Å². The number of nitrogens with zero attached hydrogens (tertiary/aromatic N) is 1. The van der Waals surface area contributed by atoms with Crippen molar-refractivity contribution in [2.75, 3.05) is 18.4 Å². The molecule has 0 bridgehead atoms. The van der Waals surface area contributed by atoms with E-state index in [0.29, 0.717) is 31.6 Å². The third kappa shape index (κ3) is 4.05. The maximum Gasteiger partial charge on any atom is 0.243 e. The predicted octanol–water partition coefficient (Wildman–Crippen LogP) is 2.74. The Morgan fingerprint density at radius 1 is 1.12 bits per heavy atom. The van der Waals surface area contributed by atoms with Crippen LogP contribution in [0, 0.1) is 12.8 Å². The smallest absolute Gasteiger partial charge is 0.243 e. The van der Waals surface area contributed by atoms with Gasteiger partial charge in [0.05, 0.1) is 4.90 Å². The van der Waals surface area contributed by atoms with Crippen LogP contribution >= 0.6 is 0 Å². The van der Waals surface area contributed by atoms with E-state index in [-0.39, 0.29) is 22.5 Å². The molecule has 3 rings (SSSR count). The summed E-state index contributed by atoms with van der Waals surface area (Å²) in [5, 5.41) is 12.2. The Morgan fingerprint density at radius 2 is 1.77 bits per heavy atom. The van der Waals surface area contributed by atoms with Crippen molar-refractivity contribution in [3.05, 3.63) is 54.1 Å². The maximum absolute atomic E-state index is 12.7. The zero-order valence-electron chi connectivity index (χ0n) is 14.6. The molecule has 26 heavy (non-hydrogen) atoms. The van der Waals surface area contributed by atoms with Gasteiger partial charge in [0.15, 0.2) is 0 Å². The molecule has 2 N–H and O–H groups in total. The van der Waals surface area contributed by atoms with Crippen molar-refractivity contribution in [2.45, 2.75) is 24.7 Å². The number of rotatable bonds is 4. The molecule has 1 fully saturated rings. The standard InChI is InChI=1S/C19H22N2O4S/c1-14-5-7-18(8-6-14)26(24,25)21-11-9-15(10-12-21)19(23)20-16-3-2-4-17(22)13-16/h2-8,13,15,22H,9-12H2,1H3,(H,20,23). The number of anilines is 1. The summed E-state index contributed by atoms with van der Waals surface area (Å²) in [7, 11) is -3.52. The third-order valence-electron chi connectivity index (χ3n) is 4.60. The zero-order chi connectivity index (χ0) is 18.7. The van der Waals surface area contributed by atoms with E-state index >= 15 is 0 Å². The molecule has 1 heterocycles. The Bertz CT molecular complexity index is 886. The number of phenolic OH excluding ortho intramolecular Hbond substituents is 1. The predicted molar refractivity (Wildman–Crippen MR) is 99.4 cm³/mol. The topological polar surface area (TPSA) is 86.7 Å².